The van der Waals surface area contributed by atoms with Crippen LogP contribution in [0.5, 0.6) is 11.5 Å². The van der Waals surface area contributed by atoms with E-state index in [0.717, 1.165) is 9.75 Å². The highest BCUT2D eigenvalue weighted by Gasteiger charge is 2.12. The quantitative estimate of drug-likeness (QED) is 0.509. The second-order valence-corrected chi connectivity index (χ2v) is 5.32. The summed E-state index contributed by atoms with van der Waals surface area (Å²) < 4.78 is 0. The number of benzene rings is 1. The van der Waals surface area contributed by atoms with Crippen LogP contribution in [0.15, 0.2) is 30.3 Å². The smallest absolute Gasteiger partial charge is 0.255 e. The van der Waals surface area contributed by atoms with Gasteiger partial charge in [0.2, 0.25) is 0 Å². The van der Waals surface area contributed by atoms with Crippen LogP contribution in [-0.4, -0.2) is 22.7 Å². The molecule has 0 saturated heterocycles. The molecule has 108 valence electrons. The molecule has 0 atom stereocenters. The summed E-state index contributed by atoms with van der Waals surface area (Å²) in [6.07, 6.45) is 0. The minimum absolute atomic E-state index is 0.0368. The van der Waals surface area contributed by atoms with Gasteiger partial charge in [0.15, 0.2) is 0 Å². The summed E-state index contributed by atoms with van der Waals surface area (Å²) in [5.74, 6) is 4.98. The number of nitrogens with one attached hydrogen (secondary N) is 1. The number of hydrogen-bond donors (Lipinski definition) is 4. The Labute approximate surface area is 126 Å². The summed E-state index contributed by atoms with van der Waals surface area (Å²) in [5, 5.41) is 21.6. The zero-order valence-electron chi connectivity index (χ0n) is 11.1. The highest BCUT2D eigenvalue weighted by atomic mass is 32.1. The lowest BCUT2D eigenvalue weighted by molar-refractivity contribution is 0.0948. The topological polar surface area (TPSA) is 95.6 Å². The predicted molar refractivity (Wildman–Crippen MR) is 81.2 cm³/mol. The molecule has 5 N–H and O–H groups in total. The second-order valence-electron chi connectivity index (χ2n) is 4.16. The fourth-order valence-electron chi connectivity index (χ4n) is 1.65. The molecule has 1 aromatic heterocycles. The summed E-state index contributed by atoms with van der Waals surface area (Å²) >= 11 is 1.46. The third kappa shape index (κ3) is 3.99. The second kappa shape index (κ2) is 6.79. The lowest BCUT2D eigenvalue weighted by Gasteiger charge is -2.06. The molecule has 0 aliphatic carbocycles. The van der Waals surface area contributed by atoms with Gasteiger partial charge in [-0.2, -0.15) is 0 Å². The number of nitrogens with two attached hydrogens (primary N) is 1. The van der Waals surface area contributed by atoms with Crippen LogP contribution >= 0.6 is 11.3 Å². The van der Waals surface area contributed by atoms with Crippen molar-refractivity contribution >= 4 is 17.2 Å². The van der Waals surface area contributed by atoms with Crippen LogP contribution in [0.25, 0.3) is 0 Å². The van der Waals surface area contributed by atoms with E-state index >= 15 is 0 Å². The molecule has 6 heteroatoms. The summed E-state index contributed by atoms with van der Waals surface area (Å²) in [6.45, 7) is 0.629. The molecule has 2 rings (SSSR count). The normalized spacial score (nSPS) is 9.76. The Bertz CT molecular complexity index is 713. The minimum Gasteiger partial charge on any atom is -0.508 e. The van der Waals surface area contributed by atoms with E-state index in [1.165, 1.54) is 29.5 Å². The molecule has 21 heavy (non-hydrogen) atoms. The average molecular weight is 302 g/mol. The Morgan fingerprint density at radius 2 is 2.10 bits per heavy atom. The van der Waals surface area contributed by atoms with Gasteiger partial charge in [-0.1, -0.05) is 11.8 Å². The number of amides is 1. The number of phenols is 2. The highest BCUT2D eigenvalue weighted by Crippen LogP contribution is 2.22. The Morgan fingerprint density at radius 1 is 1.29 bits per heavy atom. The molecule has 0 spiro atoms. The van der Waals surface area contributed by atoms with E-state index in [-0.39, 0.29) is 17.1 Å². The van der Waals surface area contributed by atoms with Crippen LogP contribution in [0.4, 0.5) is 0 Å². The summed E-state index contributed by atoms with van der Waals surface area (Å²) in [5.41, 5.74) is 5.34. The maximum atomic E-state index is 11.9. The molecule has 5 nitrogen and oxygen atoms in total. The number of hydrogen-bond acceptors (Lipinski definition) is 5. The molecule has 1 amide bonds. The van der Waals surface area contributed by atoms with E-state index in [2.05, 4.69) is 17.2 Å². The molecular formula is C15H14N2O3S. The van der Waals surface area contributed by atoms with E-state index in [4.69, 9.17) is 5.73 Å². The number of carbonyl (C=O) groups excluding carboxylic acids is 1. The van der Waals surface area contributed by atoms with Crippen molar-refractivity contribution in [2.45, 2.75) is 6.54 Å². The maximum Gasteiger partial charge on any atom is 0.255 e. The summed E-state index contributed by atoms with van der Waals surface area (Å²) in [6, 6.07) is 7.54. The van der Waals surface area contributed by atoms with Crippen LogP contribution < -0.4 is 11.1 Å². The van der Waals surface area contributed by atoms with Crippen LogP contribution in [0.1, 0.15) is 20.1 Å². The van der Waals surface area contributed by atoms with Crippen molar-refractivity contribution in [3.8, 4) is 23.3 Å². The van der Waals surface area contributed by atoms with Crippen molar-refractivity contribution in [2.75, 3.05) is 6.54 Å². The first kappa shape index (κ1) is 14.9. The Morgan fingerprint density at radius 3 is 2.86 bits per heavy atom. The largest absolute Gasteiger partial charge is 0.508 e. The molecule has 0 fully saturated rings. The zero-order chi connectivity index (χ0) is 15.2. The molecule has 0 aliphatic heterocycles. The van der Waals surface area contributed by atoms with Gasteiger partial charge in [-0.05, 0) is 30.3 Å². The fraction of sp³-hybridized carbons (Fsp3) is 0.133. The van der Waals surface area contributed by atoms with Crippen molar-refractivity contribution in [1.82, 2.24) is 5.32 Å². The number of aromatic hydroxyl groups is 2. The van der Waals surface area contributed by atoms with Crippen LogP contribution in [0.2, 0.25) is 0 Å². The molecule has 2 aromatic rings. The molecule has 0 radical (unpaired) electrons. The van der Waals surface area contributed by atoms with Gasteiger partial charge in [0.1, 0.15) is 11.5 Å². The molecule has 0 bridgehead atoms. The Kier molecular flexibility index (Phi) is 4.82. The van der Waals surface area contributed by atoms with E-state index in [0.29, 0.717) is 13.1 Å². The van der Waals surface area contributed by atoms with E-state index in [1.807, 2.05) is 12.1 Å². The average Bonchev–Trinajstić information content (AvgIpc) is 2.93. The third-order valence-electron chi connectivity index (χ3n) is 2.62. The van der Waals surface area contributed by atoms with Gasteiger partial charge < -0.3 is 21.3 Å². The van der Waals surface area contributed by atoms with Crippen molar-refractivity contribution in [1.29, 1.82) is 0 Å². The molecule has 1 heterocycles. The van der Waals surface area contributed by atoms with Gasteiger partial charge >= 0.3 is 0 Å². The van der Waals surface area contributed by atoms with Gasteiger partial charge in [0.05, 0.1) is 23.5 Å². The lowest BCUT2D eigenvalue weighted by atomic mass is 10.2. The van der Waals surface area contributed by atoms with Gasteiger partial charge in [-0.15, -0.1) is 11.3 Å². The third-order valence-corrected chi connectivity index (χ3v) is 3.62. The van der Waals surface area contributed by atoms with Crippen LogP contribution in [-0.2, 0) is 6.54 Å². The Hall–Kier alpha value is -2.49. The Balaban J connectivity index is 2.01. The van der Waals surface area contributed by atoms with Crippen molar-refractivity contribution in [3.63, 3.8) is 0 Å². The number of carbonyl (C=O) groups is 1. The number of phenolic OH excluding ortho intramolecular Hbond substituents is 2. The van der Waals surface area contributed by atoms with E-state index in [9.17, 15) is 15.0 Å². The SMILES string of the molecule is NCC#Cc1ccc(CNC(=O)c2cc(O)ccc2O)s1. The fourth-order valence-corrected chi connectivity index (χ4v) is 2.47. The first-order chi connectivity index (χ1) is 10.1. The summed E-state index contributed by atoms with van der Waals surface area (Å²) in [4.78, 5) is 13.8. The number of rotatable bonds is 3. The van der Waals surface area contributed by atoms with Crippen molar-refractivity contribution in [3.05, 3.63) is 45.6 Å². The van der Waals surface area contributed by atoms with Gasteiger partial charge in [0, 0.05) is 4.88 Å². The van der Waals surface area contributed by atoms with Crippen LogP contribution in [0, 0.1) is 11.8 Å². The molecule has 1 aromatic carbocycles. The lowest BCUT2D eigenvalue weighted by Crippen LogP contribution is -2.22. The minimum atomic E-state index is -0.452. The first-order valence-electron chi connectivity index (χ1n) is 6.18. The molecular weight excluding hydrogens is 288 g/mol. The maximum absolute atomic E-state index is 11.9. The standard InChI is InChI=1S/C15H14N2O3S/c16-7-1-2-11-4-5-12(21-11)9-17-15(20)13-8-10(18)3-6-14(13)19/h3-6,8,18-19H,7,9,16H2,(H,17,20). The van der Waals surface area contributed by atoms with Gasteiger partial charge in [-0.3, -0.25) is 4.79 Å². The van der Waals surface area contributed by atoms with Crippen molar-refractivity contribution < 1.29 is 15.0 Å². The first-order valence-corrected chi connectivity index (χ1v) is 6.99. The van der Waals surface area contributed by atoms with Gasteiger partial charge in [-0.25, -0.2) is 0 Å². The zero-order valence-corrected chi connectivity index (χ0v) is 11.9. The number of thiophene rings is 1. The predicted octanol–water partition coefficient (Wildman–Crippen LogP) is 1.40. The summed E-state index contributed by atoms with van der Waals surface area (Å²) in [7, 11) is 0. The monoisotopic (exact) mass is 302 g/mol. The van der Waals surface area contributed by atoms with E-state index in [1.54, 1.807) is 0 Å². The molecule has 0 aliphatic rings. The van der Waals surface area contributed by atoms with E-state index < -0.39 is 5.91 Å². The molecule has 0 saturated carbocycles. The molecule has 0 unspecified atom stereocenters. The highest BCUT2D eigenvalue weighted by molar-refractivity contribution is 7.12. The van der Waals surface area contributed by atoms with Crippen LogP contribution in [0.3, 0.4) is 0 Å². The van der Waals surface area contributed by atoms with Crippen molar-refractivity contribution in [2.24, 2.45) is 5.73 Å². The van der Waals surface area contributed by atoms with Gasteiger partial charge in [0.25, 0.3) is 5.91 Å².